The summed E-state index contributed by atoms with van der Waals surface area (Å²) in [6, 6.07) is 82.4. The summed E-state index contributed by atoms with van der Waals surface area (Å²) in [5, 5.41) is 0. The second-order valence-electron chi connectivity index (χ2n) is 19.6. The van der Waals surface area contributed by atoms with Gasteiger partial charge in [-0.1, -0.05) is 226 Å². The average Bonchev–Trinajstić information content (AvgIpc) is 3.69. The number of rotatable bonds is 11. The Labute approximate surface area is 419 Å². The van der Waals surface area contributed by atoms with Gasteiger partial charge in [-0.2, -0.15) is 0 Å². The maximum atomic E-state index is 2.61. The van der Waals surface area contributed by atoms with Crippen molar-refractivity contribution in [3.63, 3.8) is 0 Å². The highest BCUT2D eigenvalue weighted by molar-refractivity contribution is 5.97. The minimum absolute atomic E-state index is 0.129. The molecule has 3 aliphatic carbocycles. The van der Waals surface area contributed by atoms with Gasteiger partial charge < -0.3 is 9.80 Å². The molecule has 0 heterocycles. The van der Waals surface area contributed by atoms with Crippen molar-refractivity contribution in [3.05, 3.63) is 284 Å². The third-order valence-electron chi connectivity index (χ3n) is 14.9. The average molecular weight is 913 g/mol. The fourth-order valence-corrected chi connectivity index (χ4v) is 11.3. The van der Waals surface area contributed by atoms with E-state index in [1.54, 1.807) is 0 Å². The lowest BCUT2D eigenvalue weighted by atomic mass is 9.78. The van der Waals surface area contributed by atoms with Gasteiger partial charge in [0.05, 0.1) is 6.04 Å². The van der Waals surface area contributed by atoms with Crippen LogP contribution in [0.3, 0.4) is 0 Å². The van der Waals surface area contributed by atoms with E-state index >= 15 is 0 Å². The van der Waals surface area contributed by atoms with Crippen LogP contribution in [0, 0.1) is 5.92 Å². The van der Waals surface area contributed by atoms with Crippen LogP contribution in [0.15, 0.2) is 273 Å². The van der Waals surface area contributed by atoms with E-state index in [0.717, 1.165) is 29.9 Å². The van der Waals surface area contributed by atoms with Crippen molar-refractivity contribution in [1.82, 2.24) is 0 Å². The molecule has 3 aliphatic rings. The highest BCUT2D eigenvalue weighted by atomic mass is 15.2. The first-order chi connectivity index (χ1) is 35.0. The summed E-state index contributed by atoms with van der Waals surface area (Å²) >= 11 is 0. The summed E-state index contributed by atoms with van der Waals surface area (Å²) in [7, 11) is 0. The SMILES string of the molecule is CC1(C)c2ccccc2-c2c(N(c3ccc(-c4ccccc4)cc3)C3C=CC(C4C=CC=CC4)=CC3)ccc(-c3ccc(N(c4ccc(-c5ccccc5)cc4)c4ccc(-c5ccccc5)cc4)cc3)c21. The second kappa shape index (κ2) is 18.8. The number of fused-ring (bicyclic) bond motifs is 3. The number of hydrogen-bond donors (Lipinski definition) is 0. The van der Waals surface area contributed by atoms with Gasteiger partial charge in [-0.3, -0.25) is 0 Å². The third kappa shape index (κ3) is 8.36. The van der Waals surface area contributed by atoms with Gasteiger partial charge in [0.15, 0.2) is 0 Å². The molecule has 71 heavy (non-hydrogen) atoms. The molecule has 0 radical (unpaired) electrons. The Kier molecular flexibility index (Phi) is 11.6. The number of allylic oxidation sites excluding steroid dienone is 6. The van der Waals surface area contributed by atoms with Gasteiger partial charge in [0.25, 0.3) is 0 Å². The Morgan fingerprint density at radius 3 is 1.38 bits per heavy atom. The molecule has 9 aromatic rings. The van der Waals surface area contributed by atoms with Crippen molar-refractivity contribution in [2.24, 2.45) is 5.92 Å². The van der Waals surface area contributed by atoms with Crippen LogP contribution in [0.4, 0.5) is 28.4 Å². The van der Waals surface area contributed by atoms with Crippen LogP contribution >= 0.6 is 0 Å². The van der Waals surface area contributed by atoms with Crippen LogP contribution in [0.5, 0.6) is 0 Å². The lowest BCUT2D eigenvalue weighted by molar-refractivity contribution is 0.661. The second-order valence-corrected chi connectivity index (χ2v) is 19.6. The van der Waals surface area contributed by atoms with Gasteiger partial charge in [0.1, 0.15) is 0 Å². The monoisotopic (exact) mass is 912 g/mol. The van der Waals surface area contributed by atoms with E-state index in [1.165, 1.54) is 83.7 Å². The molecule has 0 amide bonds. The minimum Gasteiger partial charge on any atom is -0.334 e. The van der Waals surface area contributed by atoms with Crippen molar-refractivity contribution in [1.29, 1.82) is 0 Å². The molecule has 9 aromatic carbocycles. The molecule has 2 heteroatoms. The molecule has 0 saturated heterocycles. The van der Waals surface area contributed by atoms with Crippen molar-refractivity contribution < 1.29 is 0 Å². The fraction of sp³-hybridized carbons (Fsp3) is 0.101. The molecule has 0 aliphatic heterocycles. The topological polar surface area (TPSA) is 6.48 Å². The summed E-state index contributed by atoms with van der Waals surface area (Å²) < 4.78 is 0. The van der Waals surface area contributed by atoms with Gasteiger partial charge in [-0.05, 0) is 134 Å². The Morgan fingerprint density at radius 2 is 0.887 bits per heavy atom. The predicted molar refractivity (Wildman–Crippen MR) is 301 cm³/mol. The zero-order valence-corrected chi connectivity index (χ0v) is 40.4. The van der Waals surface area contributed by atoms with E-state index in [2.05, 4.69) is 291 Å². The van der Waals surface area contributed by atoms with Gasteiger partial charge in [-0.25, -0.2) is 0 Å². The molecular formula is C69H56N2. The normalized spacial score (nSPS) is 16.2. The van der Waals surface area contributed by atoms with E-state index in [4.69, 9.17) is 0 Å². The fourth-order valence-electron chi connectivity index (χ4n) is 11.3. The zero-order chi connectivity index (χ0) is 47.7. The van der Waals surface area contributed by atoms with E-state index in [-0.39, 0.29) is 11.5 Å². The van der Waals surface area contributed by atoms with E-state index < -0.39 is 0 Å². The van der Waals surface area contributed by atoms with Crippen molar-refractivity contribution in [3.8, 4) is 55.6 Å². The smallest absolute Gasteiger partial charge is 0.0560 e. The largest absolute Gasteiger partial charge is 0.334 e. The van der Waals surface area contributed by atoms with E-state index in [9.17, 15) is 0 Å². The molecule has 0 spiro atoms. The first-order valence-electron chi connectivity index (χ1n) is 25.1. The molecular weight excluding hydrogens is 857 g/mol. The molecule has 0 N–H and O–H groups in total. The highest BCUT2D eigenvalue weighted by Gasteiger charge is 2.40. The van der Waals surface area contributed by atoms with E-state index in [0.29, 0.717) is 5.92 Å². The number of hydrogen-bond acceptors (Lipinski definition) is 2. The van der Waals surface area contributed by atoms with Gasteiger partial charge in [0.2, 0.25) is 0 Å². The number of anilines is 5. The van der Waals surface area contributed by atoms with Crippen molar-refractivity contribution >= 4 is 28.4 Å². The van der Waals surface area contributed by atoms with Crippen molar-refractivity contribution in [2.45, 2.75) is 38.1 Å². The standard InChI is InChI=1S/C69H56N2/c1-69(2)65-26-16-15-25-64(65)67-66(71(61-41-31-55(32-42-61)51-21-11-5-12-22-51)62-43-33-56(34-44-62)52-23-13-6-14-24-52)48-47-63(68(67)69)57-35-45-60(46-36-57)70(58-37-27-53(28-38-58)49-17-7-3-8-18-49)59-39-29-54(30-40-59)50-19-9-4-10-20-50/h3-23,25-43,45-48,52,62H,24,44H2,1-2H3. The van der Waals surface area contributed by atoms with Crippen LogP contribution in [-0.4, -0.2) is 6.04 Å². The maximum Gasteiger partial charge on any atom is 0.0560 e. The third-order valence-corrected chi connectivity index (χ3v) is 14.9. The lowest BCUT2D eigenvalue weighted by Crippen LogP contribution is -2.31. The zero-order valence-electron chi connectivity index (χ0n) is 40.4. The Bertz CT molecular complexity index is 3370. The van der Waals surface area contributed by atoms with Crippen LogP contribution in [0.2, 0.25) is 0 Å². The molecule has 0 bridgehead atoms. The van der Waals surface area contributed by atoms with Crippen LogP contribution in [0.1, 0.15) is 37.8 Å². The molecule has 0 saturated carbocycles. The predicted octanol–water partition coefficient (Wildman–Crippen LogP) is 18.7. The van der Waals surface area contributed by atoms with Crippen LogP contribution < -0.4 is 9.80 Å². The molecule has 2 atom stereocenters. The van der Waals surface area contributed by atoms with Gasteiger partial charge in [-0.15, -0.1) is 0 Å². The summed E-state index contributed by atoms with van der Waals surface area (Å²) in [4.78, 5) is 4.99. The summed E-state index contributed by atoms with van der Waals surface area (Å²) in [6.07, 6.45) is 18.3. The lowest BCUT2D eigenvalue weighted by Gasteiger charge is -2.36. The molecule has 2 nitrogen and oxygen atoms in total. The molecule has 0 aromatic heterocycles. The van der Waals surface area contributed by atoms with Crippen molar-refractivity contribution in [2.75, 3.05) is 9.80 Å². The van der Waals surface area contributed by atoms with Gasteiger partial charge in [0, 0.05) is 45.3 Å². The summed E-state index contributed by atoms with van der Waals surface area (Å²) in [5.74, 6) is 0.422. The first-order valence-corrected chi connectivity index (χ1v) is 25.1. The highest BCUT2D eigenvalue weighted by Crippen LogP contribution is 2.57. The molecule has 2 unspecified atom stereocenters. The molecule has 0 fully saturated rings. The Morgan fingerprint density at radius 1 is 0.408 bits per heavy atom. The minimum atomic E-state index is -0.248. The van der Waals surface area contributed by atoms with Gasteiger partial charge >= 0.3 is 0 Å². The van der Waals surface area contributed by atoms with E-state index in [1.807, 2.05) is 0 Å². The quantitative estimate of drug-likeness (QED) is 0.128. The van der Waals surface area contributed by atoms with Crippen LogP contribution in [-0.2, 0) is 5.41 Å². The summed E-state index contributed by atoms with van der Waals surface area (Å²) in [5.41, 5.74) is 22.0. The molecule has 342 valence electrons. The summed E-state index contributed by atoms with van der Waals surface area (Å²) in [6.45, 7) is 4.83. The maximum absolute atomic E-state index is 2.61. The number of nitrogens with zero attached hydrogens (tertiary/aromatic N) is 2. The van der Waals surface area contributed by atoms with Crippen LogP contribution in [0.25, 0.3) is 55.6 Å². The molecule has 12 rings (SSSR count). The Balaban J connectivity index is 0.958. The first kappa shape index (κ1) is 43.8. The Hall–Kier alpha value is -8.46. The number of benzene rings is 9.